The first-order valence-corrected chi connectivity index (χ1v) is 7.87. The van der Waals surface area contributed by atoms with Crippen LogP contribution >= 0.6 is 11.6 Å². The number of carbonyl (C=O) groups is 1. The lowest BCUT2D eigenvalue weighted by Crippen LogP contribution is -2.13. The van der Waals surface area contributed by atoms with Gasteiger partial charge in [0.05, 0.1) is 17.2 Å². The smallest absolute Gasteiger partial charge is 0.251 e. The number of rotatable bonds is 6. The fourth-order valence-corrected chi connectivity index (χ4v) is 3.08. The maximum atomic E-state index is 13.6. The van der Waals surface area contributed by atoms with Crippen LogP contribution in [0, 0.1) is 11.7 Å². The number of ether oxygens (including phenoxy) is 1. The molecular weight excluding hydrogens is 293 g/mol. The van der Waals surface area contributed by atoms with Crippen LogP contribution in [0.2, 0.25) is 5.02 Å². The van der Waals surface area contributed by atoms with Crippen molar-refractivity contribution in [1.82, 2.24) is 0 Å². The topological polar surface area (TPSA) is 52.3 Å². The zero-order valence-corrected chi connectivity index (χ0v) is 12.8. The molecule has 0 aliphatic heterocycles. The van der Waals surface area contributed by atoms with E-state index in [9.17, 15) is 9.18 Å². The number of primary amides is 1. The molecule has 1 aliphatic rings. The zero-order chi connectivity index (χ0) is 15.2. The van der Waals surface area contributed by atoms with Gasteiger partial charge in [0.1, 0.15) is 11.6 Å². The van der Waals surface area contributed by atoms with Crippen molar-refractivity contribution in [2.45, 2.75) is 44.9 Å². The fourth-order valence-electron chi connectivity index (χ4n) is 2.86. The van der Waals surface area contributed by atoms with Crippen molar-refractivity contribution in [3.8, 4) is 5.75 Å². The van der Waals surface area contributed by atoms with E-state index in [1.54, 1.807) is 0 Å². The van der Waals surface area contributed by atoms with Crippen LogP contribution in [0.5, 0.6) is 5.75 Å². The summed E-state index contributed by atoms with van der Waals surface area (Å²) in [5.74, 6) is -0.470. The summed E-state index contributed by atoms with van der Waals surface area (Å²) in [4.78, 5) is 11.0. The molecule has 0 saturated heterocycles. The molecule has 0 atom stereocenters. The molecule has 2 rings (SSSR count). The van der Waals surface area contributed by atoms with E-state index >= 15 is 0 Å². The molecule has 2 N–H and O–H groups in total. The third-order valence-electron chi connectivity index (χ3n) is 4.03. The average Bonchev–Trinajstić information content (AvgIpc) is 2.47. The molecule has 21 heavy (non-hydrogen) atoms. The summed E-state index contributed by atoms with van der Waals surface area (Å²) in [6.07, 6.45) is 8.70. The minimum atomic E-state index is -0.835. The van der Waals surface area contributed by atoms with Gasteiger partial charge in [-0.25, -0.2) is 4.39 Å². The van der Waals surface area contributed by atoms with Crippen molar-refractivity contribution in [2.75, 3.05) is 6.61 Å². The van der Waals surface area contributed by atoms with Crippen LogP contribution in [-0.2, 0) is 0 Å². The van der Waals surface area contributed by atoms with Crippen molar-refractivity contribution in [2.24, 2.45) is 11.7 Å². The number of hydrogen-bond acceptors (Lipinski definition) is 2. The van der Waals surface area contributed by atoms with Crippen LogP contribution < -0.4 is 10.5 Å². The summed E-state index contributed by atoms with van der Waals surface area (Å²) < 4.78 is 19.2. The summed E-state index contributed by atoms with van der Waals surface area (Å²) in [5, 5.41) is 0.211. The molecule has 1 amide bonds. The van der Waals surface area contributed by atoms with Gasteiger partial charge in [-0.3, -0.25) is 4.79 Å². The summed E-state index contributed by atoms with van der Waals surface area (Å²) in [7, 11) is 0. The number of amides is 1. The lowest BCUT2D eigenvalue weighted by Gasteiger charge is -2.21. The molecular formula is C16H21ClFNO2. The Balaban J connectivity index is 1.82. The van der Waals surface area contributed by atoms with Crippen molar-refractivity contribution < 1.29 is 13.9 Å². The predicted molar refractivity (Wildman–Crippen MR) is 81.2 cm³/mol. The SMILES string of the molecule is NC(=O)c1cc(Cl)c(OCCCC2CCCCC2)cc1F. The Labute approximate surface area is 129 Å². The number of hydrogen-bond donors (Lipinski definition) is 1. The molecule has 0 aromatic heterocycles. The second-order valence-electron chi connectivity index (χ2n) is 5.62. The molecule has 5 heteroatoms. The van der Waals surface area contributed by atoms with E-state index in [0.717, 1.165) is 24.8 Å². The summed E-state index contributed by atoms with van der Waals surface area (Å²) in [5.41, 5.74) is 4.85. The quantitative estimate of drug-likeness (QED) is 0.795. The van der Waals surface area contributed by atoms with Crippen molar-refractivity contribution in [3.05, 3.63) is 28.5 Å². The Morgan fingerprint density at radius 3 is 2.71 bits per heavy atom. The van der Waals surface area contributed by atoms with E-state index in [1.807, 2.05) is 0 Å². The van der Waals surface area contributed by atoms with Crippen LogP contribution in [0.15, 0.2) is 12.1 Å². The highest BCUT2D eigenvalue weighted by atomic mass is 35.5. The second kappa shape index (κ2) is 7.64. The molecule has 1 aromatic rings. The van der Waals surface area contributed by atoms with Crippen LogP contribution in [0.1, 0.15) is 55.3 Å². The standard InChI is InChI=1S/C16H21ClFNO2/c17-13-9-12(16(19)20)14(18)10-15(13)21-8-4-7-11-5-2-1-3-6-11/h9-11H,1-8H2,(H2,19,20). The van der Waals surface area contributed by atoms with E-state index in [2.05, 4.69) is 0 Å². The molecule has 0 radical (unpaired) electrons. The Morgan fingerprint density at radius 2 is 2.05 bits per heavy atom. The minimum Gasteiger partial charge on any atom is -0.492 e. The van der Waals surface area contributed by atoms with Crippen molar-refractivity contribution >= 4 is 17.5 Å². The highest BCUT2D eigenvalue weighted by Crippen LogP contribution is 2.29. The van der Waals surface area contributed by atoms with Gasteiger partial charge >= 0.3 is 0 Å². The lowest BCUT2D eigenvalue weighted by molar-refractivity contribution is 0.0996. The van der Waals surface area contributed by atoms with Crippen molar-refractivity contribution in [1.29, 1.82) is 0 Å². The average molecular weight is 314 g/mol. The number of carbonyl (C=O) groups excluding carboxylic acids is 1. The van der Waals surface area contributed by atoms with Gasteiger partial charge in [-0.05, 0) is 24.8 Å². The highest BCUT2D eigenvalue weighted by molar-refractivity contribution is 6.32. The van der Waals surface area contributed by atoms with Crippen LogP contribution in [0.4, 0.5) is 4.39 Å². The van der Waals surface area contributed by atoms with Crippen LogP contribution in [-0.4, -0.2) is 12.5 Å². The predicted octanol–water partition coefficient (Wildman–Crippen LogP) is 4.32. The summed E-state index contributed by atoms with van der Waals surface area (Å²) in [6.45, 7) is 0.506. The van der Waals surface area contributed by atoms with E-state index in [4.69, 9.17) is 22.1 Å². The number of benzene rings is 1. The fraction of sp³-hybridized carbons (Fsp3) is 0.562. The first-order valence-electron chi connectivity index (χ1n) is 7.49. The Bertz CT molecular complexity index is 501. The molecule has 3 nitrogen and oxygen atoms in total. The van der Waals surface area contributed by atoms with E-state index in [0.29, 0.717) is 6.61 Å². The normalized spacial score (nSPS) is 15.9. The van der Waals surface area contributed by atoms with Gasteiger partial charge in [0.25, 0.3) is 5.91 Å². The van der Waals surface area contributed by atoms with Gasteiger partial charge in [0.2, 0.25) is 0 Å². The third-order valence-corrected chi connectivity index (χ3v) is 4.32. The van der Waals surface area contributed by atoms with Gasteiger partial charge in [-0.15, -0.1) is 0 Å². The molecule has 0 heterocycles. The molecule has 1 fully saturated rings. The van der Waals surface area contributed by atoms with Gasteiger partial charge in [-0.1, -0.05) is 43.7 Å². The number of halogens is 2. The third kappa shape index (κ3) is 4.60. The monoisotopic (exact) mass is 313 g/mol. The first-order chi connectivity index (χ1) is 10.1. The van der Waals surface area contributed by atoms with Gasteiger partial charge in [0, 0.05) is 6.07 Å². The molecule has 0 spiro atoms. The Kier molecular flexibility index (Phi) is 5.85. The molecule has 1 aliphatic carbocycles. The molecule has 1 aromatic carbocycles. The summed E-state index contributed by atoms with van der Waals surface area (Å²) in [6, 6.07) is 2.35. The molecule has 0 unspecified atom stereocenters. The highest BCUT2D eigenvalue weighted by Gasteiger charge is 2.15. The maximum Gasteiger partial charge on any atom is 0.251 e. The molecule has 1 saturated carbocycles. The molecule has 0 bridgehead atoms. The summed E-state index contributed by atoms with van der Waals surface area (Å²) >= 11 is 5.97. The Morgan fingerprint density at radius 1 is 1.33 bits per heavy atom. The lowest BCUT2D eigenvalue weighted by atomic mass is 9.86. The molecule has 116 valence electrons. The van der Waals surface area contributed by atoms with E-state index < -0.39 is 11.7 Å². The first kappa shape index (κ1) is 16.1. The minimum absolute atomic E-state index is 0.211. The van der Waals surface area contributed by atoms with E-state index in [1.165, 1.54) is 38.2 Å². The van der Waals surface area contributed by atoms with E-state index in [-0.39, 0.29) is 16.3 Å². The Hall–Kier alpha value is -1.29. The van der Waals surface area contributed by atoms with Crippen LogP contribution in [0.3, 0.4) is 0 Å². The van der Waals surface area contributed by atoms with Crippen molar-refractivity contribution in [3.63, 3.8) is 0 Å². The van der Waals surface area contributed by atoms with Crippen LogP contribution in [0.25, 0.3) is 0 Å². The number of nitrogens with two attached hydrogens (primary N) is 1. The largest absolute Gasteiger partial charge is 0.492 e. The van der Waals surface area contributed by atoms with Gasteiger partial charge < -0.3 is 10.5 Å². The zero-order valence-electron chi connectivity index (χ0n) is 12.0. The van der Waals surface area contributed by atoms with Gasteiger partial charge in [0.15, 0.2) is 0 Å². The second-order valence-corrected chi connectivity index (χ2v) is 6.03. The maximum absolute atomic E-state index is 13.6. The van der Waals surface area contributed by atoms with Gasteiger partial charge in [-0.2, -0.15) is 0 Å².